The van der Waals surface area contributed by atoms with Gasteiger partial charge >= 0.3 is 0 Å². The third-order valence-electron chi connectivity index (χ3n) is 2.56. The average Bonchev–Trinajstić information content (AvgIpc) is 2.75. The Kier molecular flexibility index (Phi) is 2.66. The van der Waals surface area contributed by atoms with Crippen LogP contribution in [-0.4, -0.2) is 4.98 Å². The van der Waals surface area contributed by atoms with Crippen molar-refractivity contribution in [2.75, 3.05) is 0 Å². The molecule has 66 valence electrons. The molecule has 1 fully saturated rings. The normalized spacial score (nSPS) is 18.8. The van der Waals surface area contributed by atoms with Gasteiger partial charge in [0.05, 0.1) is 0 Å². The van der Waals surface area contributed by atoms with Gasteiger partial charge in [0.2, 0.25) is 0 Å². The lowest BCUT2D eigenvalue weighted by Gasteiger charge is -2.04. The molecule has 0 aromatic carbocycles. The van der Waals surface area contributed by atoms with Crippen LogP contribution >= 0.6 is 21.7 Å². The standard InChI is InChI=1S/C9H12ClNS/c10-12-8-5-9(11-6-8)7-3-1-2-4-7/h5-7,11H,1-4H2. The van der Waals surface area contributed by atoms with E-state index in [4.69, 9.17) is 10.7 Å². The topological polar surface area (TPSA) is 15.8 Å². The zero-order chi connectivity index (χ0) is 8.39. The fourth-order valence-electron chi connectivity index (χ4n) is 1.91. The summed E-state index contributed by atoms with van der Waals surface area (Å²) in [7, 11) is 6.93. The highest BCUT2D eigenvalue weighted by Gasteiger charge is 2.18. The predicted molar refractivity (Wildman–Crippen MR) is 53.7 cm³/mol. The third-order valence-corrected chi connectivity index (χ3v) is 3.51. The first kappa shape index (κ1) is 8.52. The van der Waals surface area contributed by atoms with E-state index in [0.29, 0.717) is 0 Å². The minimum absolute atomic E-state index is 0.766. The molecule has 1 heterocycles. The summed E-state index contributed by atoms with van der Waals surface area (Å²) in [5.74, 6) is 0.766. The molecular weight excluding hydrogens is 190 g/mol. The Morgan fingerprint density at radius 1 is 1.42 bits per heavy atom. The van der Waals surface area contributed by atoms with Crippen LogP contribution in [0.2, 0.25) is 0 Å². The molecule has 0 aliphatic heterocycles. The van der Waals surface area contributed by atoms with Gasteiger partial charge in [-0.3, -0.25) is 0 Å². The molecule has 12 heavy (non-hydrogen) atoms. The Labute approximate surface area is 81.4 Å². The number of H-pyrrole nitrogens is 1. The van der Waals surface area contributed by atoms with Gasteiger partial charge in [-0.1, -0.05) is 12.8 Å². The molecule has 0 atom stereocenters. The van der Waals surface area contributed by atoms with Crippen LogP contribution in [0.3, 0.4) is 0 Å². The first-order valence-corrected chi connectivity index (χ1v) is 6.01. The van der Waals surface area contributed by atoms with Crippen molar-refractivity contribution in [3.8, 4) is 0 Å². The second kappa shape index (κ2) is 3.75. The fraction of sp³-hybridized carbons (Fsp3) is 0.556. The number of hydrogen-bond acceptors (Lipinski definition) is 1. The monoisotopic (exact) mass is 201 g/mol. The van der Waals surface area contributed by atoms with Crippen molar-refractivity contribution in [3.63, 3.8) is 0 Å². The van der Waals surface area contributed by atoms with Crippen molar-refractivity contribution in [2.45, 2.75) is 36.5 Å². The van der Waals surface area contributed by atoms with Crippen molar-refractivity contribution in [2.24, 2.45) is 0 Å². The van der Waals surface area contributed by atoms with E-state index >= 15 is 0 Å². The second-order valence-electron chi connectivity index (χ2n) is 3.35. The average molecular weight is 202 g/mol. The highest BCUT2D eigenvalue weighted by molar-refractivity contribution is 8.21. The fourth-order valence-corrected chi connectivity index (χ4v) is 2.45. The number of nitrogens with one attached hydrogen (secondary N) is 1. The van der Waals surface area contributed by atoms with E-state index < -0.39 is 0 Å². The summed E-state index contributed by atoms with van der Waals surface area (Å²) in [4.78, 5) is 4.43. The SMILES string of the molecule is ClSc1c[nH]c(C2CCCC2)c1. The quantitative estimate of drug-likeness (QED) is 0.767. The number of hydrogen-bond donors (Lipinski definition) is 1. The Bertz CT molecular complexity index is 253. The summed E-state index contributed by atoms with van der Waals surface area (Å²) >= 11 is 0. The van der Waals surface area contributed by atoms with Crippen molar-refractivity contribution in [1.29, 1.82) is 0 Å². The summed E-state index contributed by atoms with van der Waals surface area (Å²) in [6.07, 6.45) is 7.44. The van der Waals surface area contributed by atoms with Crippen LogP contribution in [0.1, 0.15) is 37.3 Å². The van der Waals surface area contributed by atoms with Gasteiger partial charge in [0.1, 0.15) is 0 Å². The molecule has 1 saturated carbocycles. The zero-order valence-corrected chi connectivity index (χ0v) is 8.42. The lowest BCUT2D eigenvalue weighted by atomic mass is 10.1. The molecule has 1 aliphatic rings. The van der Waals surface area contributed by atoms with Gasteiger partial charge in [-0.25, -0.2) is 0 Å². The van der Waals surface area contributed by atoms with E-state index in [1.54, 1.807) is 0 Å². The van der Waals surface area contributed by atoms with E-state index in [2.05, 4.69) is 11.1 Å². The molecule has 1 N–H and O–H groups in total. The maximum absolute atomic E-state index is 5.64. The Morgan fingerprint density at radius 2 is 2.17 bits per heavy atom. The van der Waals surface area contributed by atoms with E-state index in [1.807, 2.05) is 6.20 Å². The predicted octanol–water partition coefficient (Wildman–Crippen LogP) is 3.92. The van der Waals surface area contributed by atoms with Crippen molar-refractivity contribution < 1.29 is 0 Å². The number of aromatic nitrogens is 1. The van der Waals surface area contributed by atoms with Crippen LogP contribution in [0.4, 0.5) is 0 Å². The second-order valence-corrected chi connectivity index (χ2v) is 4.44. The molecule has 0 radical (unpaired) electrons. The van der Waals surface area contributed by atoms with Crippen LogP contribution in [0.25, 0.3) is 0 Å². The number of halogens is 1. The summed E-state index contributed by atoms with van der Waals surface area (Å²) in [5.41, 5.74) is 1.37. The van der Waals surface area contributed by atoms with Gasteiger partial charge < -0.3 is 4.98 Å². The summed E-state index contributed by atoms with van der Waals surface area (Å²) < 4.78 is 0. The number of rotatable bonds is 2. The summed E-state index contributed by atoms with van der Waals surface area (Å²) in [6.45, 7) is 0. The van der Waals surface area contributed by atoms with Gasteiger partial charge in [0, 0.05) is 16.8 Å². The van der Waals surface area contributed by atoms with Crippen LogP contribution in [-0.2, 0) is 0 Å². The molecule has 0 spiro atoms. The summed E-state index contributed by atoms with van der Waals surface area (Å²) in [6, 6.07) is 2.17. The van der Waals surface area contributed by atoms with Crippen molar-refractivity contribution in [3.05, 3.63) is 18.0 Å². The minimum atomic E-state index is 0.766. The largest absolute Gasteiger partial charge is 0.364 e. The molecule has 0 unspecified atom stereocenters. The maximum atomic E-state index is 5.64. The molecule has 3 heteroatoms. The van der Waals surface area contributed by atoms with Gasteiger partial charge in [-0.2, -0.15) is 0 Å². The Hall–Kier alpha value is -0.0800. The van der Waals surface area contributed by atoms with Gasteiger partial charge in [-0.15, -0.1) is 0 Å². The Balaban J connectivity index is 2.11. The first-order valence-electron chi connectivity index (χ1n) is 4.37. The smallest absolute Gasteiger partial charge is 0.0410 e. The van der Waals surface area contributed by atoms with E-state index in [-0.39, 0.29) is 0 Å². The molecule has 0 saturated heterocycles. The molecule has 2 rings (SSSR count). The minimum Gasteiger partial charge on any atom is -0.364 e. The molecule has 0 amide bonds. The molecule has 1 aliphatic carbocycles. The van der Waals surface area contributed by atoms with Crippen molar-refractivity contribution >= 4 is 21.7 Å². The molecule has 0 bridgehead atoms. The molecule has 1 aromatic heterocycles. The van der Waals surface area contributed by atoms with Crippen LogP contribution in [0.15, 0.2) is 17.2 Å². The van der Waals surface area contributed by atoms with Gasteiger partial charge in [0.25, 0.3) is 0 Å². The third kappa shape index (κ3) is 1.64. The van der Waals surface area contributed by atoms with Crippen molar-refractivity contribution in [1.82, 2.24) is 4.98 Å². The highest BCUT2D eigenvalue weighted by atomic mass is 35.7. The van der Waals surface area contributed by atoms with E-state index in [9.17, 15) is 0 Å². The van der Waals surface area contributed by atoms with E-state index in [1.165, 1.54) is 42.4 Å². The van der Waals surface area contributed by atoms with E-state index in [0.717, 1.165) is 10.8 Å². The molecule has 1 nitrogen and oxygen atoms in total. The highest BCUT2D eigenvalue weighted by Crippen LogP contribution is 2.35. The van der Waals surface area contributed by atoms with Crippen LogP contribution in [0.5, 0.6) is 0 Å². The lowest BCUT2D eigenvalue weighted by molar-refractivity contribution is 0.702. The number of aromatic amines is 1. The van der Waals surface area contributed by atoms with Gasteiger partial charge in [-0.05, 0) is 46.5 Å². The maximum Gasteiger partial charge on any atom is 0.0410 e. The first-order chi connectivity index (χ1) is 5.90. The molecular formula is C9H12ClNS. The van der Waals surface area contributed by atoms with Crippen LogP contribution in [0, 0.1) is 0 Å². The zero-order valence-electron chi connectivity index (χ0n) is 6.85. The van der Waals surface area contributed by atoms with Crippen LogP contribution < -0.4 is 0 Å². The summed E-state index contributed by atoms with van der Waals surface area (Å²) in [5, 5.41) is 0. The lowest BCUT2D eigenvalue weighted by Crippen LogP contribution is -1.90. The van der Waals surface area contributed by atoms with Gasteiger partial charge in [0.15, 0.2) is 0 Å². The molecule has 1 aromatic rings. The Morgan fingerprint density at radius 3 is 2.75 bits per heavy atom.